The number of ketones is 1. The van der Waals surface area contributed by atoms with Crippen LogP contribution in [0.1, 0.15) is 44.6 Å². The number of benzene rings is 2. The molecule has 104 valence electrons. The van der Waals surface area contributed by atoms with Crippen molar-refractivity contribution in [2.24, 2.45) is 0 Å². The molecule has 0 spiro atoms. The minimum atomic E-state index is 0.234. The molecule has 20 heavy (non-hydrogen) atoms. The molecule has 1 heteroatoms. The Bertz CT molecular complexity index is 618. The van der Waals surface area contributed by atoms with Crippen LogP contribution in [0.4, 0.5) is 0 Å². The van der Waals surface area contributed by atoms with Gasteiger partial charge in [0, 0.05) is 12.0 Å². The number of carbonyl (C=O) groups is 1. The van der Waals surface area contributed by atoms with E-state index in [1.807, 2.05) is 26.0 Å². The molecule has 0 aliphatic carbocycles. The highest BCUT2D eigenvalue weighted by molar-refractivity contribution is 5.96. The first-order chi connectivity index (χ1) is 9.47. The van der Waals surface area contributed by atoms with E-state index in [4.69, 9.17) is 0 Å². The summed E-state index contributed by atoms with van der Waals surface area (Å²) >= 11 is 0. The van der Waals surface area contributed by atoms with E-state index < -0.39 is 0 Å². The lowest BCUT2D eigenvalue weighted by Crippen LogP contribution is -2.03. The molecule has 0 radical (unpaired) electrons. The second-order valence-electron chi connectivity index (χ2n) is 5.66. The number of Topliss-reactive ketones (excluding diaryl/α,β-unsaturated/α-hetero) is 1. The summed E-state index contributed by atoms with van der Waals surface area (Å²) < 4.78 is 0. The number of carbonyl (C=O) groups excluding carboxylic acids is 1. The standard InChI is InChI=1S/C19H22O/c1-13-10-14(2)12-18(11-13)19(20)9-8-17-7-5-6-15(3)16(17)4/h5-7,10-12H,8-9H2,1-4H3. The SMILES string of the molecule is Cc1cc(C)cc(C(=O)CCc2cccc(C)c2C)c1. The van der Waals surface area contributed by atoms with Gasteiger partial charge in [-0.3, -0.25) is 4.79 Å². The summed E-state index contributed by atoms with van der Waals surface area (Å²) in [5.74, 6) is 0.234. The Hall–Kier alpha value is -1.89. The van der Waals surface area contributed by atoms with Gasteiger partial charge in [-0.2, -0.15) is 0 Å². The number of aryl methyl sites for hydroxylation is 4. The lowest BCUT2D eigenvalue weighted by Gasteiger charge is -2.09. The zero-order valence-electron chi connectivity index (χ0n) is 12.8. The summed E-state index contributed by atoms with van der Waals surface area (Å²) in [7, 11) is 0. The van der Waals surface area contributed by atoms with Crippen LogP contribution in [0.15, 0.2) is 36.4 Å². The maximum atomic E-state index is 12.3. The fourth-order valence-corrected chi connectivity index (χ4v) is 2.61. The van der Waals surface area contributed by atoms with Crippen molar-refractivity contribution in [2.45, 2.75) is 40.5 Å². The molecule has 1 nitrogen and oxygen atoms in total. The van der Waals surface area contributed by atoms with E-state index >= 15 is 0 Å². The average Bonchev–Trinajstić information content (AvgIpc) is 2.39. The quantitative estimate of drug-likeness (QED) is 0.731. The molecule has 2 aromatic carbocycles. The van der Waals surface area contributed by atoms with Crippen LogP contribution in [0.3, 0.4) is 0 Å². The largest absolute Gasteiger partial charge is 0.294 e. The molecule has 0 bridgehead atoms. The van der Waals surface area contributed by atoms with Gasteiger partial charge in [-0.15, -0.1) is 0 Å². The number of rotatable bonds is 4. The van der Waals surface area contributed by atoms with Crippen molar-refractivity contribution in [3.05, 3.63) is 69.8 Å². The lowest BCUT2D eigenvalue weighted by molar-refractivity contribution is 0.0982. The molecule has 2 aromatic rings. The van der Waals surface area contributed by atoms with Crippen LogP contribution >= 0.6 is 0 Å². The van der Waals surface area contributed by atoms with Gasteiger partial charge in [-0.05, 0) is 62.9 Å². The Labute approximate surface area is 121 Å². The Morgan fingerprint density at radius 1 is 0.950 bits per heavy atom. The highest BCUT2D eigenvalue weighted by Crippen LogP contribution is 2.17. The van der Waals surface area contributed by atoms with Crippen molar-refractivity contribution in [3.8, 4) is 0 Å². The zero-order chi connectivity index (χ0) is 14.7. The Morgan fingerprint density at radius 2 is 1.60 bits per heavy atom. The van der Waals surface area contributed by atoms with Crippen molar-refractivity contribution in [2.75, 3.05) is 0 Å². The fraction of sp³-hybridized carbons (Fsp3) is 0.316. The highest BCUT2D eigenvalue weighted by Gasteiger charge is 2.09. The summed E-state index contributed by atoms with van der Waals surface area (Å²) in [6.07, 6.45) is 1.40. The predicted octanol–water partition coefficient (Wildman–Crippen LogP) is 4.74. The Morgan fingerprint density at radius 3 is 2.25 bits per heavy atom. The molecule has 0 saturated carbocycles. The molecular formula is C19H22O. The summed E-state index contributed by atoms with van der Waals surface area (Å²) in [5, 5.41) is 0. The third kappa shape index (κ3) is 3.36. The number of hydrogen-bond donors (Lipinski definition) is 0. The van der Waals surface area contributed by atoms with Gasteiger partial charge in [0.1, 0.15) is 0 Å². The van der Waals surface area contributed by atoms with Crippen LogP contribution in [0.2, 0.25) is 0 Å². The van der Waals surface area contributed by atoms with Crippen molar-refractivity contribution >= 4 is 5.78 Å². The van der Waals surface area contributed by atoms with Crippen LogP contribution in [-0.2, 0) is 6.42 Å². The van der Waals surface area contributed by atoms with Crippen molar-refractivity contribution in [1.82, 2.24) is 0 Å². The fourth-order valence-electron chi connectivity index (χ4n) is 2.61. The third-order valence-electron chi connectivity index (χ3n) is 3.88. The second-order valence-corrected chi connectivity index (χ2v) is 5.66. The van der Waals surface area contributed by atoms with Crippen molar-refractivity contribution in [3.63, 3.8) is 0 Å². The molecule has 0 atom stereocenters. The highest BCUT2D eigenvalue weighted by atomic mass is 16.1. The third-order valence-corrected chi connectivity index (χ3v) is 3.88. The van der Waals surface area contributed by atoms with E-state index in [0.29, 0.717) is 6.42 Å². The van der Waals surface area contributed by atoms with Crippen LogP contribution < -0.4 is 0 Å². The molecule has 0 N–H and O–H groups in total. The van der Waals surface area contributed by atoms with E-state index in [9.17, 15) is 4.79 Å². The summed E-state index contributed by atoms with van der Waals surface area (Å²) in [6.45, 7) is 8.32. The molecule has 0 amide bonds. The van der Waals surface area contributed by atoms with E-state index in [2.05, 4.69) is 38.1 Å². The molecular weight excluding hydrogens is 244 g/mol. The minimum Gasteiger partial charge on any atom is -0.294 e. The maximum absolute atomic E-state index is 12.3. The van der Waals surface area contributed by atoms with Crippen LogP contribution in [0.25, 0.3) is 0 Å². The Balaban J connectivity index is 2.10. The van der Waals surface area contributed by atoms with Crippen LogP contribution in [0.5, 0.6) is 0 Å². The summed E-state index contributed by atoms with van der Waals surface area (Å²) in [5.41, 5.74) is 7.03. The first-order valence-corrected chi connectivity index (χ1v) is 7.14. The minimum absolute atomic E-state index is 0.234. The normalized spacial score (nSPS) is 10.6. The van der Waals surface area contributed by atoms with Crippen molar-refractivity contribution in [1.29, 1.82) is 0 Å². The first kappa shape index (κ1) is 14.5. The van der Waals surface area contributed by atoms with E-state index in [1.54, 1.807) is 0 Å². The first-order valence-electron chi connectivity index (χ1n) is 7.14. The van der Waals surface area contributed by atoms with Gasteiger partial charge in [-0.25, -0.2) is 0 Å². The molecule has 0 unspecified atom stereocenters. The molecule has 0 aliphatic heterocycles. The van der Waals surface area contributed by atoms with E-state index in [-0.39, 0.29) is 5.78 Å². The molecule has 0 aliphatic rings. The van der Waals surface area contributed by atoms with Crippen LogP contribution in [0, 0.1) is 27.7 Å². The molecule has 0 aromatic heterocycles. The molecule has 0 heterocycles. The second kappa shape index (κ2) is 6.04. The van der Waals surface area contributed by atoms with Gasteiger partial charge in [0.25, 0.3) is 0 Å². The topological polar surface area (TPSA) is 17.1 Å². The lowest BCUT2D eigenvalue weighted by atomic mass is 9.96. The zero-order valence-corrected chi connectivity index (χ0v) is 12.8. The predicted molar refractivity (Wildman–Crippen MR) is 84.5 cm³/mol. The van der Waals surface area contributed by atoms with Gasteiger partial charge in [0.15, 0.2) is 5.78 Å². The number of hydrogen-bond acceptors (Lipinski definition) is 1. The van der Waals surface area contributed by atoms with Crippen LogP contribution in [-0.4, -0.2) is 5.78 Å². The van der Waals surface area contributed by atoms with Gasteiger partial charge in [-0.1, -0.05) is 35.4 Å². The smallest absolute Gasteiger partial charge is 0.163 e. The monoisotopic (exact) mass is 266 g/mol. The molecule has 0 saturated heterocycles. The van der Waals surface area contributed by atoms with E-state index in [0.717, 1.165) is 23.1 Å². The molecule has 2 rings (SSSR count). The summed E-state index contributed by atoms with van der Waals surface area (Å²) in [6, 6.07) is 12.4. The Kier molecular flexibility index (Phi) is 4.39. The van der Waals surface area contributed by atoms with Crippen molar-refractivity contribution < 1.29 is 4.79 Å². The van der Waals surface area contributed by atoms with Gasteiger partial charge >= 0.3 is 0 Å². The average molecular weight is 266 g/mol. The van der Waals surface area contributed by atoms with Gasteiger partial charge in [0.2, 0.25) is 0 Å². The van der Waals surface area contributed by atoms with Gasteiger partial charge in [0.05, 0.1) is 0 Å². The maximum Gasteiger partial charge on any atom is 0.163 e. The molecule has 0 fully saturated rings. The van der Waals surface area contributed by atoms with Gasteiger partial charge < -0.3 is 0 Å². The van der Waals surface area contributed by atoms with E-state index in [1.165, 1.54) is 16.7 Å². The summed E-state index contributed by atoms with van der Waals surface area (Å²) in [4.78, 5) is 12.3.